The number of benzene rings is 1. The molecule has 1 aromatic carbocycles. The molecule has 0 atom stereocenters. The largest absolute Gasteiger partial charge is 0.483 e. The zero-order chi connectivity index (χ0) is 14.7. The van der Waals surface area contributed by atoms with Gasteiger partial charge in [0.05, 0.1) is 5.69 Å². The monoisotopic (exact) mass is 286 g/mol. The summed E-state index contributed by atoms with van der Waals surface area (Å²) in [5.74, 6) is 0.957. The fourth-order valence-corrected chi connectivity index (χ4v) is 2.51. The number of nitrogens with one attached hydrogen (secondary N) is 1. The second kappa shape index (κ2) is 5.99. The number of ether oxygens (including phenoxy) is 1. The number of carbonyl (C=O) groups is 1. The molecule has 0 saturated heterocycles. The molecular formula is C16H18N2O3. The molecule has 0 unspecified atom stereocenters. The fourth-order valence-electron chi connectivity index (χ4n) is 2.51. The zero-order valence-corrected chi connectivity index (χ0v) is 12.0. The number of para-hydroxylation sites is 1. The minimum Gasteiger partial charge on any atom is -0.483 e. The lowest BCUT2D eigenvalue weighted by Crippen LogP contribution is -2.21. The summed E-state index contributed by atoms with van der Waals surface area (Å²) < 4.78 is 10.7. The second-order valence-corrected chi connectivity index (χ2v) is 5.25. The van der Waals surface area contributed by atoms with Gasteiger partial charge in [-0.15, -0.1) is 0 Å². The number of amides is 1. The fraction of sp³-hybridized carbons (Fsp3) is 0.375. The zero-order valence-electron chi connectivity index (χ0n) is 12.0. The molecule has 0 radical (unpaired) electrons. The van der Waals surface area contributed by atoms with Crippen LogP contribution in [-0.2, 0) is 17.6 Å². The molecule has 0 spiro atoms. The van der Waals surface area contributed by atoms with Gasteiger partial charge in [0.25, 0.3) is 5.91 Å². The number of hydrogen-bond acceptors (Lipinski definition) is 4. The third kappa shape index (κ3) is 3.07. The standard InChI is InChI=1S/C16H18N2O3/c1-11-6-2-5-9-14(11)20-10-15(19)17-16-12-7-3-4-8-13(12)18-21-16/h2,5-6,9H,3-4,7-8,10H2,1H3,(H,17,19). The van der Waals surface area contributed by atoms with Gasteiger partial charge >= 0.3 is 0 Å². The Balaban J connectivity index is 1.60. The van der Waals surface area contributed by atoms with E-state index in [0.29, 0.717) is 11.6 Å². The number of carbonyl (C=O) groups excluding carboxylic acids is 1. The molecule has 1 aliphatic rings. The van der Waals surface area contributed by atoms with Crippen LogP contribution in [-0.4, -0.2) is 17.7 Å². The van der Waals surface area contributed by atoms with E-state index in [1.54, 1.807) is 0 Å². The first-order chi connectivity index (χ1) is 10.2. The molecule has 21 heavy (non-hydrogen) atoms. The van der Waals surface area contributed by atoms with Crippen molar-refractivity contribution >= 4 is 11.8 Å². The van der Waals surface area contributed by atoms with Crippen molar-refractivity contribution in [2.75, 3.05) is 11.9 Å². The smallest absolute Gasteiger partial charge is 0.264 e. The highest BCUT2D eigenvalue weighted by atomic mass is 16.5. The highest BCUT2D eigenvalue weighted by Gasteiger charge is 2.20. The maximum atomic E-state index is 12.0. The minimum atomic E-state index is -0.234. The Morgan fingerprint density at radius 2 is 2.14 bits per heavy atom. The molecule has 5 heteroatoms. The van der Waals surface area contributed by atoms with Crippen LogP contribution in [0, 0.1) is 6.92 Å². The maximum absolute atomic E-state index is 12.0. The Bertz CT molecular complexity index is 649. The first kappa shape index (κ1) is 13.7. The van der Waals surface area contributed by atoms with Crippen LogP contribution in [0.1, 0.15) is 29.7 Å². The van der Waals surface area contributed by atoms with Crippen molar-refractivity contribution in [3.8, 4) is 5.75 Å². The second-order valence-electron chi connectivity index (χ2n) is 5.25. The molecule has 3 rings (SSSR count). The van der Waals surface area contributed by atoms with E-state index in [9.17, 15) is 4.79 Å². The summed E-state index contributed by atoms with van der Waals surface area (Å²) in [5, 5.41) is 6.76. The van der Waals surface area contributed by atoms with Crippen LogP contribution in [0.3, 0.4) is 0 Å². The van der Waals surface area contributed by atoms with E-state index in [1.807, 2.05) is 31.2 Å². The summed E-state index contributed by atoms with van der Waals surface area (Å²) in [6.07, 6.45) is 4.07. The van der Waals surface area contributed by atoms with Crippen LogP contribution in [0.2, 0.25) is 0 Å². The average Bonchev–Trinajstić information content (AvgIpc) is 2.90. The Hall–Kier alpha value is -2.30. The predicted molar refractivity (Wildman–Crippen MR) is 78.4 cm³/mol. The normalized spacial score (nSPS) is 13.6. The number of anilines is 1. The van der Waals surface area contributed by atoms with Crippen LogP contribution in [0.5, 0.6) is 5.75 Å². The summed E-state index contributed by atoms with van der Waals surface area (Å²) in [7, 11) is 0. The lowest BCUT2D eigenvalue weighted by molar-refractivity contribution is -0.118. The number of aryl methyl sites for hydroxylation is 2. The van der Waals surface area contributed by atoms with Crippen LogP contribution in [0.25, 0.3) is 0 Å². The summed E-state index contributed by atoms with van der Waals surface area (Å²) in [5.41, 5.74) is 3.00. The van der Waals surface area contributed by atoms with Gasteiger partial charge < -0.3 is 9.26 Å². The van der Waals surface area contributed by atoms with E-state index < -0.39 is 0 Å². The van der Waals surface area contributed by atoms with Gasteiger partial charge in [0.2, 0.25) is 5.88 Å². The number of hydrogen-bond donors (Lipinski definition) is 1. The molecule has 1 aromatic heterocycles. The summed E-state index contributed by atoms with van der Waals surface area (Å²) >= 11 is 0. The number of nitrogens with zero attached hydrogens (tertiary/aromatic N) is 1. The quantitative estimate of drug-likeness (QED) is 0.938. The Kier molecular flexibility index (Phi) is 3.90. The molecule has 1 amide bonds. The van der Waals surface area contributed by atoms with Crippen molar-refractivity contribution in [2.45, 2.75) is 32.6 Å². The molecule has 0 aliphatic heterocycles. The van der Waals surface area contributed by atoms with Crippen molar-refractivity contribution in [2.24, 2.45) is 0 Å². The van der Waals surface area contributed by atoms with Gasteiger partial charge in [-0.3, -0.25) is 10.1 Å². The minimum absolute atomic E-state index is 0.0413. The van der Waals surface area contributed by atoms with Crippen LogP contribution >= 0.6 is 0 Å². The Morgan fingerprint density at radius 1 is 1.33 bits per heavy atom. The molecule has 0 saturated carbocycles. The van der Waals surface area contributed by atoms with E-state index in [0.717, 1.165) is 42.5 Å². The maximum Gasteiger partial charge on any atom is 0.264 e. The summed E-state index contributed by atoms with van der Waals surface area (Å²) in [4.78, 5) is 12.0. The van der Waals surface area contributed by atoms with Crippen molar-refractivity contribution in [1.29, 1.82) is 0 Å². The molecule has 1 aliphatic carbocycles. The average molecular weight is 286 g/mol. The predicted octanol–water partition coefficient (Wildman–Crippen LogP) is 2.88. The molecular weight excluding hydrogens is 268 g/mol. The topological polar surface area (TPSA) is 64.4 Å². The lowest BCUT2D eigenvalue weighted by Gasteiger charge is -2.10. The lowest BCUT2D eigenvalue weighted by atomic mass is 9.98. The first-order valence-corrected chi connectivity index (χ1v) is 7.20. The van der Waals surface area contributed by atoms with Crippen LogP contribution in [0.4, 0.5) is 5.88 Å². The third-order valence-electron chi connectivity index (χ3n) is 3.67. The van der Waals surface area contributed by atoms with Gasteiger partial charge in [-0.1, -0.05) is 23.4 Å². The summed E-state index contributed by atoms with van der Waals surface area (Å²) in [6.45, 7) is 1.90. The van der Waals surface area contributed by atoms with Crippen LogP contribution in [0.15, 0.2) is 28.8 Å². The molecule has 0 bridgehead atoms. The highest BCUT2D eigenvalue weighted by molar-refractivity contribution is 5.91. The highest BCUT2D eigenvalue weighted by Crippen LogP contribution is 2.27. The molecule has 2 aromatic rings. The van der Waals surface area contributed by atoms with Gasteiger partial charge in [-0.25, -0.2) is 0 Å². The van der Waals surface area contributed by atoms with Gasteiger partial charge in [0, 0.05) is 5.56 Å². The van der Waals surface area contributed by atoms with E-state index in [2.05, 4.69) is 10.5 Å². The molecule has 110 valence electrons. The van der Waals surface area contributed by atoms with E-state index in [-0.39, 0.29) is 12.5 Å². The van der Waals surface area contributed by atoms with E-state index >= 15 is 0 Å². The Morgan fingerprint density at radius 3 is 3.00 bits per heavy atom. The van der Waals surface area contributed by atoms with E-state index in [1.165, 1.54) is 0 Å². The van der Waals surface area contributed by atoms with E-state index in [4.69, 9.17) is 9.26 Å². The van der Waals surface area contributed by atoms with Crippen molar-refractivity contribution in [3.63, 3.8) is 0 Å². The molecule has 1 heterocycles. The van der Waals surface area contributed by atoms with Gasteiger partial charge in [-0.2, -0.15) is 0 Å². The summed E-state index contributed by atoms with van der Waals surface area (Å²) in [6, 6.07) is 7.61. The SMILES string of the molecule is Cc1ccccc1OCC(=O)Nc1onc2c1CCCC2. The molecule has 0 fully saturated rings. The van der Waals surface area contributed by atoms with Crippen LogP contribution < -0.4 is 10.1 Å². The van der Waals surface area contributed by atoms with Crippen molar-refractivity contribution < 1.29 is 14.1 Å². The first-order valence-electron chi connectivity index (χ1n) is 7.20. The number of rotatable bonds is 4. The number of aromatic nitrogens is 1. The molecule has 5 nitrogen and oxygen atoms in total. The van der Waals surface area contributed by atoms with Gasteiger partial charge in [0.15, 0.2) is 6.61 Å². The van der Waals surface area contributed by atoms with Crippen molar-refractivity contribution in [3.05, 3.63) is 41.1 Å². The number of fused-ring (bicyclic) bond motifs is 1. The van der Waals surface area contributed by atoms with Gasteiger partial charge in [-0.05, 0) is 44.2 Å². The van der Waals surface area contributed by atoms with Crippen molar-refractivity contribution in [1.82, 2.24) is 5.16 Å². The molecule has 1 N–H and O–H groups in total. The Labute approximate surface area is 123 Å². The van der Waals surface area contributed by atoms with Gasteiger partial charge in [0.1, 0.15) is 5.75 Å². The third-order valence-corrected chi connectivity index (χ3v) is 3.67.